The molecule has 0 spiro atoms. The van der Waals surface area contributed by atoms with Crippen LogP contribution in [0.25, 0.3) is 0 Å². The highest BCUT2D eigenvalue weighted by Gasteiger charge is 2.51. The Bertz CT molecular complexity index is 1210. The van der Waals surface area contributed by atoms with E-state index in [9.17, 15) is 45.6 Å². The zero-order valence-electron chi connectivity index (χ0n) is 41.2. The van der Waals surface area contributed by atoms with Crippen LogP contribution in [0.5, 0.6) is 0 Å². The van der Waals surface area contributed by atoms with Crippen molar-refractivity contribution in [2.45, 2.75) is 280 Å². The number of carbonyl (C=O) groups excluding carboxylic acids is 1. The number of allylic oxidation sites excluding steroid dienone is 4. The first kappa shape index (κ1) is 60.6. The van der Waals surface area contributed by atoms with Gasteiger partial charge in [0.25, 0.3) is 0 Å². The molecule has 12 atom stereocenters. The number of amides is 1. The monoisotopic (exact) mass is 944 g/mol. The van der Waals surface area contributed by atoms with Gasteiger partial charge in [0.05, 0.1) is 32.0 Å². The molecule has 2 saturated heterocycles. The molecule has 2 aliphatic heterocycles. The molecule has 2 heterocycles. The van der Waals surface area contributed by atoms with E-state index in [-0.39, 0.29) is 18.9 Å². The highest BCUT2D eigenvalue weighted by atomic mass is 16.7. The minimum absolute atomic E-state index is 0.220. The molecule has 2 aliphatic rings. The summed E-state index contributed by atoms with van der Waals surface area (Å²) in [7, 11) is 0. The van der Waals surface area contributed by atoms with Crippen LogP contribution < -0.4 is 5.32 Å². The predicted molar refractivity (Wildman–Crippen MR) is 258 cm³/mol. The number of unbranched alkanes of at least 4 members (excludes halogenated alkanes) is 24. The molecule has 0 aromatic heterocycles. The molecule has 0 bridgehead atoms. The number of hydrogen-bond donors (Lipinski definition) is 9. The van der Waals surface area contributed by atoms with E-state index in [4.69, 9.17) is 18.9 Å². The van der Waals surface area contributed by atoms with Crippen LogP contribution in [0.1, 0.15) is 206 Å². The highest BCUT2D eigenvalue weighted by molar-refractivity contribution is 5.76. The summed E-state index contributed by atoms with van der Waals surface area (Å²) in [4.78, 5) is 13.2. The van der Waals surface area contributed by atoms with E-state index in [1.165, 1.54) is 103 Å². The summed E-state index contributed by atoms with van der Waals surface area (Å²) >= 11 is 0. The lowest BCUT2D eigenvalue weighted by Crippen LogP contribution is -2.65. The third-order valence-corrected chi connectivity index (χ3v) is 13.2. The Labute approximate surface area is 398 Å². The van der Waals surface area contributed by atoms with Gasteiger partial charge in [-0.25, -0.2) is 0 Å². The minimum atomic E-state index is -1.78. The number of aliphatic hydroxyl groups is 8. The molecular weight excluding hydrogens is 847 g/mol. The fraction of sp³-hybridized carbons (Fsp3) is 0.904. The number of ether oxygens (including phenoxy) is 4. The molecule has 14 nitrogen and oxygen atoms in total. The third kappa shape index (κ3) is 25.9. The van der Waals surface area contributed by atoms with Gasteiger partial charge in [0.15, 0.2) is 12.6 Å². The quantitative estimate of drug-likeness (QED) is 0.0216. The van der Waals surface area contributed by atoms with Crippen LogP contribution in [0, 0.1) is 0 Å². The second-order valence-corrected chi connectivity index (χ2v) is 19.0. The molecule has 0 aromatic carbocycles. The standard InChI is InChI=1S/C52H97NO13/c1-3-5-7-9-11-13-15-17-19-21-23-25-27-29-31-33-35-41(56)40(53-44(57)36-34-32-30-28-26-24-22-20-18-16-14-12-10-8-6-4-2)39-63-51-49(62)47(60)50(43(38-55)65-51)66-52-48(61)46(59)45(58)42(37-54)64-52/h14,16,20,22,40-43,45-52,54-56,58-62H,3-13,15,17-19,21,23-39H2,1-2H3,(H,53,57)/b16-14-,22-20-. The van der Waals surface area contributed by atoms with Crippen molar-refractivity contribution in [1.29, 1.82) is 0 Å². The summed E-state index contributed by atoms with van der Waals surface area (Å²) in [5.74, 6) is -0.220. The molecule has 9 N–H and O–H groups in total. The normalized spacial score (nSPS) is 26.9. The van der Waals surface area contributed by atoms with Crippen molar-refractivity contribution in [2.24, 2.45) is 0 Å². The van der Waals surface area contributed by atoms with Gasteiger partial charge >= 0.3 is 0 Å². The smallest absolute Gasteiger partial charge is 0.220 e. The van der Waals surface area contributed by atoms with E-state index in [1.54, 1.807) is 0 Å². The van der Waals surface area contributed by atoms with E-state index in [2.05, 4.69) is 43.5 Å². The maximum atomic E-state index is 13.2. The van der Waals surface area contributed by atoms with Gasteiger partial charge in [-0.1, -0.05) is 179 Å². The Hall–Kier alpha value is -1.53. The Morgan fingerprint density at radius 1 is 0.545 bits per heavy atom. The first-order chi connectivity index (χ1) is 32.1. The molecule has 2 rings (SSSR count). The van der Waals surface area contributed by atoms with Crippen LogP contribution in [0.2, 0.25) is 0 Å². The van der Waals surface area contributed by atoms with Gasteiger partial charge in [-0.2, -0.15) is 0 Å². The summed E-state index contributed by atoms with van der Waals surface area (Å²) in [6.45, 7) is 2.83. The van der Waals surface area contributed by atoms with Crippen molar-refractivity contribution < 1.29 is 64.6 Å². The van der Waals surface area contributed by atoms with Gasteiger partial charge in [0, 0.05) is 6.42 Å². The first-order valence-electron chi connectivity index (χ1n) is 26.6. The van der Waals surface area contributed by atoms with Crippen LogP contribution in [-0.2, 0) is 23.7 Å². The van der Waals surface area contributed by atoms with E-state index >= 15 is 0 Å². The first-order valence-corrected chi connectivity index (χ1v) is 26.6. The summed E-state index contributed by atoms with van der Waals surface area (Å²) in [5.41, 5.74) is 0. The Balaban J connectivity index is 1.83. The summed E-state index contributed by atoms with van der Waals surface area (Å²) in [6.07, 6.45) is 26.0. The molecule has 0 aromatic rings. The number of carbonyl (C=O) groups is 1. The summed E-state index contributed by atoms with van der Waals surface area (Å²) in [5, 5.41) is 87.0. The number of aliphatic hydroxyl groups excluding tert-OH is 8. The van der Waals surface area contributed by atoms with Crippen molar-refractivity contribution in [2.75, 3.05) is 19.8 Å². The lowest BCUT2D eigenvalue weighted by Gasteiger charge is -2.46. The lowest BCUT2D eigenvalue weighted by molar-refractivity contribution is -0.359. The highest BCUT2D eigenvalue weighted by Crippen LogP contribution is 2.30. The van der Waals surface area contributed by atoms with Crippen molar-refractivity contribution in [3.8, 4) is 0 Å². The molecule has 1 amide bonds. The molecule has 14 heteroatoms. The number of hydrogen-bond acceptors (Lipinski definition) is 13. The molecule has 0 saturated carbocycles. The van der Waals surface area contributed by atoms with Crippen LogP contribution in [0.4, 0.5) is 0 Å². The molecule has 66 heavy (non-hydrogen) atoms. The van der Waals surface area contributed by atoms with Gasteiger partial charge in [-0.3, -0.25) is 4.79 Å². The van der Waals surface area contributed by atoms with E-state index < -0.39 is 86.8 Å². The van der Waals surface area contributed by atoms with Gasteiger partial charge in [-0.15, -0.1) is 0 Å². The van der Waals surface area contributed by atoms with Crippen LogP contribution in [0.15, 0.2) is 24.3 Å². The van der Waals surface area contributed by atoms with Gasteiger partial charge in [-0.05, 0) is 44.9 Å². The van der Waals surface area contributed by atoms with Crippen LogP contribution in [-0.4, -0.2) is 140 Å². The van der Waals surface area contributed by atoms with Crippen molar-refractivity contribution in [3.63, 3.8) is 0 Å². The Kier molecular flexibility index (Phi) is 36.0. The van der Waals surface area contributed by atoms with Crippen molar-refractivity contribution >= 4 is 5.91 Å². The van der Waals surface area contributed by atoms with Crippen molar-refractivity contribution in [3.05, 3.63) is 24.3 Å². The fourth-order valence-corrected chi connectivity index (χ4v) is 8.80. The summed E-state index contributed by atoms with van der Waals surface area (Å²) < 4.78 is 22.8. The second kappa shape index (κ2) is 39.2. The molecular formula is C52H97NO13. The zero-order valence-corrected chi connectivity index (χ0v) is 41.2. The maximum Gasteiger partial charge on any atom is 0.220 e. The third-order valence-electron chi connectivity index (χ3n) is 13.2. The van der Waals surface area contributed by atoms with Gasteiger partial charge in [0.1, 0.15) is 48.8 Å². The average molecular weight is 944 g/mol. The molecule has 2 fully saturated rings. The van der Waals surface area contributed by atoms with E-state index in [1.807, 2.05) is 0 Å². The van der Waals surface area contributed by atoms with Gasteiger partial charge in [0.2, 0.25) is 5.91 Å². The molecule has 388 valence electrons. The average Bonchev–Trinajstić information content (AvgIpc) is 3.31. The van der Waals surface area contributed by atoms with E-state index in [0.29, 0.717) is 12.8 Å². The van der Waals surface area contributed by atoms with E-state index in [0.717, 1.165) is 70.6 Å². The fourth-order valence-electron chi connectivity index (χ4n) is 8.80. The topological polar surface area (TPSA) is 228 Å². The lowest BCUT2D eigenvalue weighted by atomic mass is 9.97. The minimum Gasteiger partial charge on any atom is -0.394 e. The van der Waals surface area contributed by atoms with Crippen LogP contribution >= 0.6 is 0 Å². The summed E-state index contributed by atoms with van der Waals surface area (Å²) in [6, 6.07) is -0.833. The maximum absolute atomic E-state index is 13.2. The second-order valence-electron chi connectivity index (χ2n) is 19.0. The number of rotatable bonds is 41. The predicted octanol–water partition coefficient (Wildman–Crippen LogP) is 7.33. The Morgan fingerprint density at radius 3 is 1.53 bits per heavy atom. The molecule has 0 aliphatic carbocycles. The number of nitrogens with one attached hydrogen (secondary N) is 1. The molecule has 12 unspecified atom stereocenters. The van der Waals surface area contributed by atoms with Crippen molar-refractivity contribution in [1.82, 2.24) is 5.32 Å². The molecule has 0 radical (unpaired) electrons. The zero-order chi connectivity index (χ0) is 48.2. The van der Waals surface area contributed by atoms with Gasteiger partial charge < -0.3 is 65.1 Å². The largest absolute Gasteiger partial charge is 0.394 e. The van der Waals surface area contributed by atoms with Crippen LogP contribution in [0.3, 0.4) is 0 Å². The Morgan fingerprint density at radius 2 is 1.00 bits per heavy atom. The SMILES string of the molecule is CCCCCC/C=C\C/C=C\CCCCCCCC(=O)NC(COC1OC(CO)C(OC2OC(CO)C(O)C(O)C2O)C(O)C1O)C(O)CCCCCCCCCCCCCCCCCC.